The van der Waals surface area contributed by atoms with E-state index in [1.807, 2.05) is 0 Å². The number of rotatable bonds is 5. The van der Waals surface area contributed by atoms with Crippen LogP contribution in [0, 0.1) is 18.7 Å². The maximum atomic E-state index is 13.3. The van der Waals surface area contributed by atoms with Crippen molar-refractivity contribution < 1.29 is 12.8 Å². The third-order valence-electron chi connectivity index (χ3n) is 3.19. The van der Waals surface area contributed by atoms with Crippen LogP contribution in [0.1, 0.15) is 18.4 Å². The Labute approximate surface area is 119 Å². The van der Waals surface area contributed by atoms with Crippen molar-refractivity contribution in [2.75, 3.05) is 6.54 Å². The fourth-order valence-corrected chi connectivity index (χ4v) is 2.81. The van der Waals surface area contributed by atoms with Crippen LogP contribution >= 0.6 is 12.4 Å². The lowest BCUT2D eigenvalue weighted by molar-refractivity contribution is 0.546. The molecule has 1 aliphatic carbocycles. The summed E-state index contributed by atoms with van der Waals surface area (Å²) in [4.78, 5) is -0.0615. The van der Waals surface area contributed by atoms with Gasteiger partial charge in [0, 0.05) is 12.6 Å². The summed E-state index contributed by atoms with van der Waals surface area (Å²) < 4.78 is 39.6. The molecule has 0 amide bonds. The van der Waals surface area contributed by atoms with Crippen molar-refractivity contribution in [2.45, 2.75) is 30.7 Å². The number of nitrogens with one attached hydrogen (secondary N) is 1. The molecule has 19 heavy (non-hydrogen) atoms. The number of hydrogen-bond acceptors (Lipinski definition) is 3. The van der Waals surface area contributed by atoms with Gasteiger partial charge in [-0.25, -0.2) is 17.5 Å². The van der Waals surface area contributed by atoms with Crippen LogP contribution in [0.3, 0.4) is 0 Å². The maximum Gasteiger partial charge on any atom is 0.240 e. The minimum atomic E-state index is -3.67. The SMILES string of the molecule is Cc1ccc(S(=O)(=O)NCC(N)C2CC2)cc1F.Cl. The predicted octanol–water partition coefficient (Wildman–Crippen LogP) is 1.57. The number of hydrogen-bond donors (Lipinski definition) is 2. The monoisotopic (exact) mass is 308 g/mol. The first-order valence-electron chi connectivity index (χ1n) is 5.91. The van der Waals surface area contributed by atoms with E-state index >= 15 is 0 Å². The van der Waals surface area contributed by atoms with Crippen molar-refractivity contribution in [2.24, 2.45) is 11.7 Å². The Kier molecular flexibility index (Phi) is 5.32. The largest absolute Gasteiger partial charge is 0.326 e. The molecule has 0 aliphatic heterocycles. The molecule has 1 unspecified atom stereocenters. The van der Waals surface area contributed by atoms with Gasteiger partial charge >= 0.3 is 0 Å². The Balaban J connectivity index is 0.00000180. The normalized spacial score (nSPS) is 16.8. The molecule has 0 radical (unpaired) electrons. The van der Waals surface area contributed by atoms with Gasteiger partial charge in [-0.15, -0.1) is 12.4 Å². The first kappa shape index (κ1) is 16.4. The Hall–Kier alpha value is -0.690. The van der Waals surface area contributed by atoms with Crippen LogP contribution in [0.2, 0.25) is 0 Å². The Bertz CT molecular complexity index is 547. The maximum absolute atomic E-state index is 13.3. The van der Waals surface area contributed by atoms with E-state index in [1.165, 1.54) is 12.1 Å². The Morgan fingerprint density at radius 2 is 2.11 bits per heavy atom. The van der Waals surface area contributed by atoms with Crippen molar-refractivity contribution >= 4 is 22.4 Å². The fourth-order valence-electron chi connectivity index (χ4n) is 1.72. The van der Waals surface area contributed by atoms with Crippen molar-refractivity contribution in [3.63, 3.8) is 0 Å². The lowest BCUT2D eigenvalue weighted by Crippen LogP contribution is -2.38. The first-order valence-corrected chi connectivity index (χ1v) is 7.40. The molecular formula is C12H18ClFN2O2S. The first-order chi connectivity index (χ1) is 8.40. The van der Waals surface area contributed by atoms with Gasteiger partial charge in [-0.05, 0) is 43.4 Å². The zero-order valence-electron chi connectivity index (χ0n) is 10.6. The lowest BCUT2D eigenvalue weighted by atomic mass is 10.2. The second-order valence-corrected chi connectivity index (χ2v) is 6.53. The standard InChI is InChI=1S/C12H17FN2O2S.ClH/c1-8-2-5-10(6-11(8)13)18(16,17)15-7-12(14)9-3-4-9;/h2,5-6,9,12,15H,3-4,7,14H2,1H3;1H. The molecule has 1 fully saturated rings. The van der Waals surface area contributed by atoms with Crippen LogP contribution < -0.4 is 10.5 Å². The minimum Gasteiger partial charge on any atom is -0.326 e. The highest BCUT2D eigenvalue weighted by molar-refractivity contribution is 7.89. The van der Waals surface area contributed by atoms with E-state index in [0.29, 0.717) is 11.5 Å². The van der Waals surface area contributed by atoms with Gasteiger partial charge in [-0.1, -0.05) is 6.07 Å². The molecule has 1 aromatic rings. The molecule has 108 valence electrons. The molecule has 0 bridgehead atoms. The molecule has 1 atom stereocenters. The van der Waals surface area contributed by atoms with Crippen molar-refractivity contribution in [1.29, 1.82) is 0 Å². The van der Waals surface area contributed by atoms with Gasteiger partial charge in [-0.3, -0.25) is 0 Å². The summed E-state index contributed by atoms with van der Waals surface area (Å²) in [5, 5.41) is 0. The Morgan fingerprint density at radius 1 is 1.47 bits per heavy atom. The van der Waals surface area contributed by atoms with Gasteiger partial charge in [0.05, 0.1) is 4.90 Å². The van der Waals surface area contributed by atoms with Gasteiger partial charge in [0.1, 0.15) is 5.82 Å². The predicted molar refractivity (Wildman–Crippen MR) is 74.3 cm³/mol. The van der Waals surface area contributed by atoms with Gasteiger partial charge in [0.15, 0.2) is 0 Å². The summed E-state index contributed by atoms with van der Waals surface area (Å²) >= 11 is 0. The molecule has 0 spiro atoms. The summed E-state index contributed by atoms with van der Waals surface area (Å²) in [5.74, 6) is -0.105. The minimum absolute atomic E-state index is 0. The summed E-state index contributed by atoms with van der Waals surface area (Å²) in [5.41, 5.74) is 6.24. The van der Waals surface area contributed by atoms with Gasteiger partial charge in [-0.2, -0.15) is 0 Å². The van der Waals surface area contributed by atoms with E-state index < -0.39 is 15.8 Å². The third kappa shape index (κ3) is 4.14. The summed E-state index contributed by atoms with van der Waals surface area (Å²) in [6.07, 6.45) is 2.12. The molecule has 0 saturated heterocycles. The number of halogens is 2. The molecule has 7 heteroatoms. The molecule has 1 aliphatic rings. The number of nitrogens with two attached hydrogens (primary N) is 1. The molecule has 1 aromatic carbocycles. The number of sulfonamides is 1. The van der Waals surface area contributed by atoms with Crippen molar-refractivity contribution in [3.05, 3.63) is 29.6 Å². The summed E-state index contributed by atoms with van der Waals surface area (Å²) in [7, 11) is -3.67. The van der Waals surface area contributed by atoms with E-state index in [-0.39, 0.29) is 29.9 Å². The van der Waals surface area contributed by atoms with E-state index in [0.717, 1.165) is 18.9 Å². The molecule has 4 nitrogen and oxygen atoms in total. The average Bonchev–Trinajstić information content (AvgIpc) is 3.13. The average molecular weight is 309 g/mol. The Morgan fingerprint density at radius 3 is 2.63 bits per heavy atom. The van der Waals surface area contributed by atoms with E-state index in [1.54, 1.807) is 6.92 Å². The molecule has 0 heterocycles. The molecule has 0 aromatic heterocycles. The fraction of sp³-hybridized carbons (Fsp3) is 0.500. The molecular weight excluding hydrogens is 291 g/mol. The highest BCUT2D eigenvalue weighted by atomic mass is 35.5. The topological polar surface area (TPSA) is 72.2 Å². The lowest BCUT2D eigenvalue weighted by Gasteiger charge is -2.12. The second-order valence-electron chi connectivity index (χ2n) is 4.76. The van der Waals surface area contributed by atoms with Crippen LogP contribution in [0.4, 0.5) is 4.39 Å². The van der Waals surface area contributed by atoms with E-state index in [9.17, 15) is 12.8 Å². The highest BCUT2D eigenvalue weighted by Crippen LogP contribution is 2.31. The van der Waals surface area contributed by atoms with Crippen LogP contribution in [-0.4, -0.2) is 21.0 Å². The smallest absolute Gasteiger partial charge is 0.240 e. The van der Waals surface area contributed by atoms with Crippen molar-refractivity contribution in [3.8, 4) is 0 Å². The van der Waals surface area contributed by atoms with Crippen LogP contribution in [0.5, 0.6) is 0 Å². The molecule has 3 N–H and O–H groups in total. The summed E-state index contributed by atoms with van der Waals surface area (Å²) in [6, 6.07) is 3.71. The van der Waals surface area contributed by atoms with Gasteiger partial charge in [0.25, 0.3) is 0 Å². The zero-order valence-corrected chi connectivity index (χ0v) is 12.2. The van der Waals surface area contributed by atoms with E-state index in [2.05, 4.69) is 4.72 Å². The second kappa shape index (κ2) is 6.17. The van der Waals surface area contributed by atoms with Crippen LogP contribution in [-0.2, 0) is 10.0 Å². The van der Waals surface area contributed by atoms with Crippen LogP contribution in [0.15, 0.2) is 23.1 Å². The molecule has 1 saturated carbocycles. The van der Waals surface area contributed by atoms with Crippen molar-refractivity contribution in [1.82, 2.24) is 4.72 Å². The van der Waals surface area contributed by atoms with Gasteiger partial charge < -0.3 is 5.73 Å². The summed E-state index contributed by atoms with van der Waals surface area (Å²) in [6.45, 7) is 1.78. The molecule has 2 rings (SSSR count). The zero-order chi connectivity index (χ0) is 13.3. The van der Waals surface area contributed by atoms with Crippen LogP contribution in [0.25, 0.3) is 0 Å². The van der Waals surface area contributed by atoms with E-state index in [4.69, 9.17) is 5.73 Å². The van der Waals surface area contributed by atoms with Gasteiger partial charge in [0.2, 0.25) is 10.0 Å². The number of benzene rings is 1. The third-order valence-corrected chi connectivity index (χ3v) is 4.61. The highest BCUT2D eigenvalue weighted by Gasteiger charge is 2.29. The quantitative estimate of drug-likeness (QED) is 0.867. The number of aryl methyl sites for hydroxylation is 1.